The fourth-order valence-electron chi connectivity index (χ4n) is 3.12. The summed E-state index contributed by atoms with van der Waals surface area (Å²) in [6.45, 7) is 1.11. The molecule has 1 aromatic carbocycles. The Kier molecular flexibility index (Phi) is 3.34. The van der Waals surface area contributed by atoms with Gasteiger partial charge in [-0.05, 0) is 30.4 Å². The second-order valence-corrected chi connectivity index (χ2v) is 5.48. The zero-order chi connectivity index (χ0) is 14.1. The van der Waals surface area contributed by atoms with Crippen molar-refractivity contribution in [3.8, 4) is 0 Å². The molecule has 2 amide bonds. The zero-order valence-corrected chi connectivity index (χ0v) is 11.2. The van der Waals surface area contributed by atoms with Gasteiger partial charge in [0, 0.05) is 19.0 Å². The van der Waals surface area contributed by atoms with Crippen LogP contribution in [0.15, 0.2) is 24.3 Å². The van der Waals surface area contributed by atoms with E-state index in [1.165, 1.54) is 16.0 Å². The molecule has 5 heteroatoms. The molecule has 1 heterocycles. The summed E-state index contributed by atoms with van der Waals surface area (Å²) in [5.41, 5.74) is 2.64. The van der Waals surface area contributed by atoms with E-state index in [9.17, 15) is 9.59 Å². The van der Waals surface area contributed by atoms with Crippen molar-refractivity contribution in [1.82, 2.24) is 10.2 Å². The predicted octanol–water partition coefficient (Wildman–Crippen LogP) is 1.58. The van der Waals surface area contributed by atoms with Crippen LogP contribution in [0.2, 0.25) is 0 Å². The Labute approximate surface area is 117 Å². The molecule has 0 saturated carbocycles. The normalized spacial score (nSPS) is 23.9. The molecule has 2 atom stereocenters. The van der Waals surface area contributed by atoms with Crippen molar-refractivity contribution in [3.63, 3.8) is 0 Å². The monoisotopic (exact) mass is 274 g/mol. The van der Waals surface area contributed by atoms with Gasteiger partial charge in [0.1, 0.15) is 6.04 Å². The van der Waals surface area contributed by atoms with Crippen LogP contribution in [-0.2, 0) is 11.2 Å². The van der Waals surface area contributed by atoms with Gasteiger partial charge in [0.25, 0.3) is 0 Å². The number of carbonyl (C=O) groups is 2. The number of hydrogen-bond donors (Lipinski definition) is 2. The number of nitrogens with one attached hydrogen (secondary N) is 1. The molecule has 1 aliphatic heterocycles. The molecular formula is C15H18N2O3. The van der Waals surface area contributed by atoms with Crippen molar-refractivity contribution in [2.45, 2.75) is 31.2 Å². The van der Waals surface area contributed by atoms with Gasteiger partial charge in [-0.15, -0.1) is 0 Å². The van der Waals surface area contributed by atoms with Crippen LogP contribution in [0.25, 0.3) is 0 Å². The van der Waals surface area contributed by atoms with Gasteiger partial charge in [-0.25, -0.2) is 9.59 Å². The number of hydrogen-bond acceptors (Lipinski definition) is 2. The first-order valence-electron chi connectivity index (χ1n) is 7.02. The van der Waals surface area contributed by atoms with E-state index in [1.807, 2.05) is 12.1 Å². The van der Waals surface area contributed by atoms with Crippen LogP contribution < -0.4 is 5.32 Å². The number of likely N-dealkylation sites (tertiary alicyclic amines) is 1. The lowest BCUT2D eigenvalue weighted by atomic mass is 9.78. The number of rotatable bonds is 3. The quantitative estimate of drug-likeness (QED) is 0.879. The lowest BCUT2D eigenvalue weighted by Crippen LogP contribution is -2.47. The zero-order valence-electron chi connectivity index (χ0n) is 11.2. The number of nitrogens with zero attached hydrogens (tertiary/aromatic N) is 1. The summed E-state index contributed by atoms with van der Waals surface area (Å²) in [6.07, 6.45) is 2.30. The van der Waals surface area contributed by atoms with Crippen LogP contribution in [-0.4, -0.2) is 41.1 Å². The van der Waals surface area contributed by atoms with E-state index in [1.54, 1.807) is 0 Å². The van der Waals surface area contributed by atoms with E-state index < -0.39 is 12.0 Å². The van der Waals surface area contributed by atoms with Crippen molar-refractivity contribution in [2.24, 2.45) is 0 Å². The molecule has 106 valence electrons. The maximum Gasteiger partial charge on any atom is 0.326 e. The molecule has 1 unspecified atom stereocenters. The molecular weight excluding hydrogens is 256 g/mol. The smallest absolute Gasteiger partial charge is 0.326 e. The third kappa shape index (κ3) is 2.24. The van der Waals surface area contributed by atoms with E-state index in [4.69, 9.17) is 5.11 Å². The number of carboxylic acid groups (broad SMARTS) is 1. The van der Waals surface area contributed by atoms with Gasteiger partial charge < -0.3 is 15.3 Å². The molecule has 0 spiro atoms. The minimum atomic E-state index is -0.911. The molecule has 3 rings (SSSR count). The summed E-state index contributed by atoms with van der Waals surface area (Å²) in [5.74, 6) is -0.548. The Morgan fingerprint density at radius 1 is 1.35 bits per heavy atom. The summed E-state index contributed by atoms with van der Waals surface area (Å²) >= 11 is 0. The summed E-state index contributed by atoms with van der Waals surface area (Å²) in [6, 6.07) is 7.31. The Balaban J connectivity index is 1.55. The largest absolute Gasteiger partial charge is 0.480 e. The van der Waals surface area contributed by atoms with Crippen molar-refractivity contribution >= 4 is 12.0 Å². The number of benzene rings is 1. The van der Waals surface area contributed by atoms with E-state index in [2.05, 4.69) is 17.4 Å². The minimum Gasteiger partial charge on any atom is -0.480 e. The number of aliphatic carboxylic acids is 1. The first-order valence-corrected chi connectivity index (χ1v) is 7.02. The van der Waals surface area contributed by atoms with Gasteiger partial charge in [0.15, 0.2) is 0 Å². The second-order valence-electron chi connectivity index (χ2n) is 5.48. The highest BCUT2D eigenvalue weighted by Gasteiger charge is 2.34. The molecule has 1 aromatic rings. The number of urea groups is 1. The van der Waals surface area contributed by atoms with Crippen LogP contribution in [0.4, 0.5) is 4.79 Å². The van der Waals surface area contributed by atoms with Crippen molar-refractivity contribution in [3.05, 3.63) is 35.4 Å². The third-order valence-electron chi connectivity index (χ3n) is 4.26. The Morgan fingerprint density at radius 3 is 2.90 bits per heavy atom. The van der Waals surface area contributed by atoms with E-state index in [0.29, 0.717) is 25.4 Å². The maximum absolute atomic E-state index is 12.1. The van der Waals surface area contributed by atoms with E-state index in [-0.39, 0.29) is 6.03 Å². The van der Waals surface area contributed by atoms with Gasteiger partial charge in [0.2, 0.25) is 0 Å². The first kappa shape index (κ1) is 13.0. The molecule has 0 aromatic heterocycles. The molecule has 1 saturated heterocycles. The molecule has 1 fully saturated rings. The average Bonchev–Trinajstić information content (AvgIpc) is 2.89. The molecule has 0 bridgehead atoms. The highest BCUT2D eigenvalue weighted by atomic mass is 16.4. The van der Waals surface area contributed by atoms with E-state index >= 15 is 0 Å². The van der Waals surface area contributed by atoms with Crippen molar-refractivity contribution in [2.75, 3.05) is 13.1 Å². The fraction of sp³-hybridized carbons (Fsp3) is 0.467. The van der Waals surface area contributed by atoms with Crippen LogP contribution in [0.1, 0.15) is 29.9 Å². The Hall–Kier alpha value is -2.04. The standard InChI is InChI=1S/C15H18N2O3/c18-14(19)13-6-3-7-17(13)15(20)16-9-11-8-10-4-1-2-5-12(10)11/h1-2,4-5,11,13H,3,6-9H2,(H,16,20)(H,18,19)/t11?,13-/m1/s1. The highest BCUT2D eigenvalue weighted by Crippen LogP contribution is 2.34. The van der Waals surface area contributed by atoms with Crippen LogP contribution in [0.3, 0.4) is 0 Å². The fourth-order valence-corrected chi connectivity index (χ4v) is 3.12. The van der Waals surface area contributed by atoms with Crippen LogP contribution >= 0.6 is 0 Å². The summed E-state index contributed by atoms with van der Waals surface area (Å²) < 4.78 is 0. The second kappa shape index (κ2) is 5.15. The average molecular weight is 274 g/mol. The van der Waals surface area contributed by atoms with Crippen molar-refractivity contribution < 1.29 is 14.7 Å². The van der Waals surface area contributed by atoms with Gasteiger partial charge in [-0.1, -0.05) is 24.3 Å². The van der Waals surface area contributed by atoms with Gasteiger partial charge in [-0.3, -0.25) is 0 Å². The SMILES string of the molecule is O=C(O)[C@H]1CCCN1C(=O)NCC1Cc2ccccc21. The molecule has 1 aliphatic carbocycles. The van der Waals surface area contributed by atoms with Crippen molar-refractivity contribution in [1.29, 1.82) is 0 Å². The Morgan fingerprint density at radius 2 is 2.15 bits per heavy atom. The number of fused-ring (bicyclic) bond motifs is 1. The number of amides is 2. The predicted molar refractivity (Wildman–Crippen MR) is 73.6 cm³/mol. The van der Waals surface area contributed by atoms with Gasteiger partial charge >= 0.3 is 12.0 Å². The Bertz CT molecular complexity index is 544. The van der Waals surface area contributed by atoms with E-state index in [0.717, 1.165) is 12.8 Å². The molecule has 2 aliphatic rings. The van der Waals surface area contributed by atoms with Gasteiger partial charge in [0.05, 0.1) is 0 Å². The van der Waals surface area contributed by atoms with Crippen LogP contribution in [0.5, 0.6) is 0 Å². The lowest BCUT2D eigenvalue weighted by molar-refractivity contribution is -0.141. The minimum absolute atomic E-state index is 0.251. The third-order valence-corrected chi connectivity index (χ3v) is 4.26. The summed E-state index contributed by atoms with van der Waals surface area (Å²) in [4.78, 5) is 24.6. The van der Waals surface area contributed by atoms with Gasteiger partial charge in [-0.2, -0.15) is 0 Å². The number of carboxylic acids is 1. The molecule has 0 radical (unpaired) electrons. The highest BCUT2D eigenvalue weighted by molar-refractivity contribution is 5.83. The maximum atomic E-state index is 12.1. The summed E-state index contributed by atoms with van der Waals surface area (Å²) in [5, 5.41) is 12.0. The summed E-state index contributed by atoms with van der Waals surface area (Å²) in [7, 11) is 0. The number of carbonyl (C=O) groups excluding carboxylic acids is 1. The van der Waals surface area contributed by atoms with Crippen LogP contribution in [0, 0.1) is 0 Å². The first-order chi connectivity index (χ1) is 9.66. The molecule has 20 heavy (non-hydrogen) atoms. The molecule has 2 N–H and O–H groups in total. The topological polar surface area (TPSA) is 69.6 Å². The lowest BCUT2D eigenvalue weighted by Gasteiger charge is -2.31. The molecule has 5 nitrogen and oxygen atoms in total.